The molecule has 24 heavy (non-hydrogen) atoms. The SMILES string of the molecule is C/C=C/CN1C(=O)C2C(=Nc3n2c(C)c(C)[n+]3CCO)N(C)C1=O. The maximum absolute atomic E-state index is 12.9. The van der Waals surface area contributed by atoms with E-state index in [2.05, 4.69) is 4.99 Å². The highest BCUT2D eigenvalue weighted by molar-refractivity contribution is 6.20. The number of aliphatic hydroxyl groups is 1. The van der Waals surface area contributed by atoms with Gasteiger partial charge >= 0.3 is 12.0 Å². The number of aromatic nitrogens is 2. The Bertz CT molecular complexity index is 777. The van der Waals surface area contributed by atoms with Crippen LogP contribution in [-0.2, 0) is 11.3 Å². The predicted octanol–water partition coefficient (Wildman–Crippen LogP) is 0.440. The summed E-state index contributed by atoms with van der Waals surface area (Å²) in [6.45, 7) is 6.32. The van der Waals surface area contributed by atoms with Crippen LogP contribution in [0.25, 0.3) is 0 Å². The van der Waals surface area contributed by atoms with Crippen LogP contribution in [0.15, 0.2) is 17.1 Å². The van der Waals surface area contributed by atoms with E-state index in [0.717, 1.165) is 11.4 Å². The van der Waals surface area contributed by atoms with Crippen LogP contribution in [0.4, 0.5) is 10.7 Å². The second-order valence-corrected chi connectivity index (χ2v) is 5.95. The first-order valence-electron chi connectivity index (χ1n) is 7.94. The average molecular weight is 332 g/mol. The summed E-state index contributed by atoms with van der Waals surface area (Å²) < 4.78 is 3.73. The van der Waals surface area contributed by atoms with Gasteiger partial charge in [-0.05, 0) is 20.8 Å². The number of imide groups is 1. The topological polar surface area (TPSA) is 82.0 Å². The molecule has 3 amide bonds. The molecular weight excluding hydrogens is 310 g/mol. The van der Waals surface area contributed by atoms with Crippen LogP contribution in [-0.4, -0.2) is 57.4 Å². The van der Waals surface area contributed by atoms with E-state index in [1.54, 1.807) is 13.1 Å². The number of fused-ring (bicyclic) bond motifs is 3. The minimum absolute atomic E-state index is 0.0202. The number of carbonyl (C=O) groups excluding carboxylic acids is 2. The normalized spacial score (nSPS) is 20.0. The van der Waals surface area contributed by atoms with Crippen molar-refractivity contribution in [2.75, 3.05) is 20.2 Å². The predicted molar refractivity (Wildman–Crippen MR) is 87.0 cm³/mol. The third kappa shape index (κ3) is 2.10. The number of likely N-dealkylation sites (N-methyl/N-ethyl adjacent to an activating group) is 1. The Morgan fingerprint density at radius 3 is 2.67 bits per heavy atom. The van der Waals surface area contributed by atoms with Crippen molar-refractivity contribution in [2.24, 2.45) is 4.99 Å². The smallest absolute Gasteiger partial charge is 0.393 e. The van der Waals surface area contributed by atoms with Gasteiger partial charge in [-0.3, -0.25) is 14.6 Å². The molecule has 1 saturated heterocycles. The monoisotopic (exact) mass is 332 g/mol. The Morgan fingerprint density at radius 2 is 2.04 bits per heavy atom. The standard InChI is InChI=1S/C16H22N5O3/c1-5-6-7-20-14(23)12-13(18(4)16(20)24)17-15-19(8-9-22)10(2)11(3)21(12)15/h5-6,12,22H,7-9H2,1-4H3/q+1/b6-5+. The third-order valence-electron chi connectivity index (χ3n) is 4.67. The van der Waals surface area contributed by atoms with Crippen molar-refractivity contribution >= 4 is 23.7 Å². The summed E-state index contributed by atoms with van der Waals surface area (Å²) in [6, 6.07) is -1.01. The molecule has 1 N–H and O–H groups in total. The molecule has 2 aliphatic rings. The summed E-state index contributed by atoms with van der Waals surface area (Å²) in [5, 5.41) is 9.30. The number of nitrogens with zero attached hydrogens (tertiary/aromatic N) is 5. The van der Waals surface area contributed by atoms with E-state index < -0.39 is 6.04 Å². The van der Waals surface area contributed by atoms with Crippen LogP contribution in [0.5, 0.6) is 0 Å². The second kappa shape index (κ2) is 5.86. The number of hydrogen-bond donors (Lipinski definition) is 1. The molecule has 8 nitrogen and oxygen atoms in total. The summed E-state index contributed by atoms with van der Waals surface area (Å²) >= 11 is 0. The van der Waals surface area contributed by atoms with Gasteiger partial charge in [0.1, 0.15) is 11.4 Å². The lowest BCUT2D eigenvalue weighted by molar-refractivity contribution is -0.690. The van der Waals surface area contributed by atoms with Crippen molar-refractivity contribution in [3.63, 3.8) is 0 Å². The molecule has 128 valence electrons. The largest absolute Gasteiger partial charge is 0.402 e. The van der Waals surface area contributed by atoms with E-state index in [-0.39, 0.29) is 25.1 Å². The molecule has 1 aromatic rings. The van der Waals surface area contributed by atoms with E-state index in [4.69, 9.17) is 0 Å². The summed E-state index contributed by atoms with van der Waals surface area (Å²) in [5.41, 5.74) is 1.86. The lowest BCUT2D eigenvalue weighted by Gasteiger charge is -2.32. The number of rotatable bonds is 4. The highest BCUT2D eigenvalue weighted by Crippen LogP contribution is 2.34. The number of carbonyl (C=O) groups is 2. The fraction of sp³-hybridized carbons (Fsp3) is 0.500. The molecule has 3 heterocycles. The summed E-state index contributed by atoms with van der Waals surface area (Å²) in [7, 11) is 1.63. The van der Waals surface area contributed by atoms with Crippen molar-refractivity contribution in [3.05, 3.63) is 23.5 Å². The molecule has 0 radical (unpaired) electrons. The quantitative estimate of drug-likeness (QED) is 0.641. The molecule has 1 fully saturated rings. The summed E-state index contributed by atoms with van der Waals surface area (Å²) in [5.74, 6) is 0.759. The molecule has 3 rings (SSSR count). The van der Waals surface area contributed by atoms with Crippen molar-refractivity contribution in [2.45, 2.75) is 33.4 Å². The van der Waals surface area contributed by atoms with Gasteiger partial charge < -0.3 is 5.11 Å². The van der Waals surface area contributed by atoms with Gasteiger partial charge in [0.2, 0.25) is 11.9 Å². The zero-order valence-electron chi connectivity index (χ0n) is 14.4. The van der Waals surface area contributed by atoms with Gasteiger partial charge in [0.25, 0.3) is 5.91 Å². The van der Waals surface area contributed by atoms with Gasteiger partial charge in [0.05, 0.1) is 13.2 Å². The Labute approximate surface area is 140 Å². The minimum Gasteiger partial charge on any atom is -0.393 e. The molecule has 1 aromatic heterocycles. The number of amides is 3. The number of imidazole rings is 1. The molecule has 0 aliphatic carbocycles. The molecule has 0 bridgehead atoms. The van der Waals surface area contributed by atoms with Crippen LogP contribution in [0.3, 0.4) is 0 Å². The van der Waals surface area contributed by atoms with E-state index in [9.17, 15) is 14.7 Å². The number of amidine groups is 1. The van der Waals surface area contributed by atoms with Crippen molar-refractivity contribution < 1.29 is 19.3 Å². The lowest BCUT2D eigenvalue weighted by Crippen LogP contribution is -2.57. The average Bonchev–Trinajstić information content (AvgIpc) is 3.05. The van der Waals surface area contributed by atoms with Crippen molar-refractivity contribution in [1.82, 2.24) is 14.4 Å². The lowest BCUT2D eigenvalue weighted by atomic mass is 10.1. The number of allylic oxidation sites excluding steroid dienone is 1. The zero-order chi connectivity index (χ0) is 17.6. The molecule has 0 aromatic carbocycles. The van der Waals surface area contributed by atoms with Gasteiger partial charge in [-0.2, -0.15) is 0 Å². The van der Waals surface area contributed by atoms with Crippen LogP contribution in [0.1, 0.15) is 24.4 Å². The van der Waals surface area contributed by atoms with Crippen molar-refractivity contribution in [1.29, 1.82) is 0 Å². The Hall–Kier alpha value is -2.48. The van der Waals surface area contributed by atoms with E-state index in [0.29, 0.717) is 18.3 Å². The van der Waals surface area contributed by atoms with Gasteiger partial charge in [0, 0.05) is 13.6 Å². The van der Waals surface area contributed by atoms with Crippen LogP contribution >= 0.6 is 0 Å². The first-order chi connectivity index (χ1) is 11.4. The molecule has 0 spiro atoms. The maximum Gasteiger partial charge on any atom is 0.402 e. The first kappa shape index (κ1) is 16.4. The highest BCUT2D eigenvalue weighted by Gasteiger charge is 2.53. The van der Waals surface area contributed by atoms with Crippen LogP contribution < -0.4 is 4.57 Å². The Kier molecular flexibility index (Phi) is 4.00. The van der Waals surface area contributed by atoms with Crippen LogP contribution in [0, 0.1) is 13.8 Å². The van der Waals surface area contributed by atoms with Gasteiger partial charge in [0.15, 0.2) is 0 Å². The van der Waals surface area contributed by atoms with Crippen molar-refractivity contribution in [3.8, 4) is 0 Å². The zero-order valence-corrected chi connectivity index (χ0v) is 14.4. The summed E-state index contributed by atoms with van der Waals surface area (Å²) in [4.78, 5) is 32.6. The highest BCUT2D eigenvalue weighted by atomic mass is 16.3. The fourth-order valence-corrected chi connectivity index (χ4v) is 3.25. The number of hydrogen-bond acceptors (Lipinski definition) is 4. The number of aliphatic imine (C=N–C) groups is 1. The second-order valence-electron chi connectivity index (χ2n) is 5.95. The fourth-order valence-electron chi connectivity index (χ4n) is 3.25. The summed E-state index contributed by atoms with van der Waals surface area (Å²) in [6.07, 6.45) is 3.59. The molecule has 1 unspecified atom stereocenters. The first-order valence-corrected chi connectivity index (χ1v) is 7.94. The Morgan fingerprint density at radius 1 is 1.33 bits per heavy atom. The molecule has 0 saturated carbocycles. The van der Waals surface area contributed by atoms with E-state index in [1.807, 2.05) is 36.0 Å². The maximum atomic E-state index is 12.9. The van der Waals surface area contributed by atoms with E-state index in [1.165, 1.54) is 9.80 Å². The number of aliphatic hydroxyl groups excluding tert-OH is 1. The number of urea groups is 1. The minimum atomic E-state index is -0.633. The van der Waals surface area contributed by atoms with E-state index >= 15 is 0 Å². The molecular formula is C16H22N5O3+. The Balaban J connectivity index is 2.12. The van der Waals surface area contributed by atoms with Gasteiger partial charge in [-0.15, -0.1) is 0 Å². The molecule has 8 heteroatoms. The van der Waals surface area contributed by atoms with Gasteiger partial charge in [-0.1, -0.05) is 17.1 Å². The molecule has 1 atom stereocenters. The van der Waals surface area contributed by atoms with Crippen LogP contribution in [0.2, 0.25) is 0 Å². The third-order valence-corrected chi connectivity index (χ3v) is 4.67. The molecule has 2 aliphatic heterocycles. The van der Waals surface area contributed by atoms with Gasteiger partial charge in [-0.25, -0.2) is 13.9 Å².